The number of hydrogen-bond donors (Lipinski definition) is 0. The second-order valence-corrected chi connectivity index (χ2v) is 5.91. The van der Waals surface area contributed by atoms with Gasteiger partial charge in [0.15, 0.2) is 5.78 Å². The minimum Gasteiger partial charge on any atom is -0.496 e. The lowest BCUT2D eigenvalue weighted by molar-refractivity contribution is 0.0954. The van der Waals surface area contributed by atoms with Gasteiger partial charge in [-0.15, -0.1) is 0 Å². The highest BCUT2D eigenvalue weighted by atomic mass is 79.9. The number of ketones is 1. The number of nitrogens with zero attached hydrogens (tertiary/aromatic N) is 1. The Kier molecular flexibility index (Phi) is 3.98. The van der Waals surface area contributed by atoms with Crippen LogP contribution in [0.2, 0.25) is 0 Å². The number of amides is 1. The van der Waals surface area contributed by atoms with E-state index in [-0.39, 0.29) is 11.7 Å². The SMILES string of the molecule is COc1ccc(Br)cc1C(=O)N1CCC(=O)c2ccccc21. The number of halogens is 1. The molecule has 0 aromatic heterocycles. The molecule has 22 heavy (non-hydrogen) atoms. The molecule has 2 aromatic carbocycles. The van der Waals surface area contributed by atoms with Gasteiger partial charge in [0.2, 0.25) is 0 Å². The van der Waals surface area contributed by atoms with Crippen LogP contribution in [-0.4, -0.2) is 25.3 Å². The molecule has 0 saturated heterocycles. The molecule has 0 atom stereocenters. The average molecular weight is 360 g/mol. The molecule has 0 N–H and O–H groups in total. The van der Waals surface area contributed by atoms with E-state index in [4.69, 9.17) is 4.74 Å². The van der Waals surface area contributed by atoms with Crippen LogP contribution in [0.5, 0.6) is 5.75 Å². The Labute approximate surface area is 136 Å². The molecule has 1 aliphatic heterocycles. The van der Waals surface area contributed by atoms with Crippen LogP contribution in [-0.2, 0) is 0 Å². The maximum atomic E-state index is 12.9. The summed E-state index contributed by atoms with van der Waals surface area (Å²) in [7, 11) is 1.54. The number of carbonyl (C=O) groups excluding carboxylic acids is 2. The summed E-state index contributed by atoms with van der Waals surface area (Å²) in [5.41, 5.74) is 1.72. The zero-order chi connectivity index (χ0) is 15.7. The molecular weight excluding hydrogens is 346 g/mol. The molecule has 1 amide bonds. The number of hydrogen-bond acceptors (Lipinski definition) is 3. The summed E-state index contributed by atoms with van der Waals surface area (Å²) in [4.78, 5) is 26.6. The van der Waals surface area contributed by atoms with Crippen LogP contribution < -0.4 is 9.64 Å². The Bertz CT molecular complexity index is 757. The zero-order valence-electron chi connectivity index (χ0n) is 12.0. The van der Waals surface area contributed by atoms with E-state index >= 15 is 0 Å². The molecule has 0 unspecified atom stereocenters. The molecule has 1 heterocycles. The van der Waals surface area contributed by atoms with Crippen molar-refractivity contribution in [1.82, 2.24) is 0 Å². The molecule has 5 heteroatoms. The number of ether oxygens (including phenoxy) is 1. The lowest BCUT2D eigenvalue weighted by Crippen LogP contribution is -2.37. The normalized spacial score (nSPS) is 13.7. The minimum atomic E-state index is -0.168. The maximum Gasteiger partial charge on any atom is 0.262 e. The van der Waals surface area contributed by atoms with Gasteiger partial charge in [-0.3, -0.25) is 9.59 Å². The zero-order valence-corrected chi connectivity index (χ0v) is 13.6. The predicted molar refractivity (Wildman–Crippen MR) is 87.8 cm³/mol. The van der Waals surface area contributed by atoms with Gasteiger partial charge in [0.1, 0.15) is 5.75 Å². The summed E-state index contributed by atoms with van der Waals surface area (Å²) in [5.74, 6) is 0.418. The van der Waals surface area contributed by atoms with E-state index < -0.39 is 0 Å². The lowest BCUT2D eigenvalue weighted by Gasteiger charge is -2.29. The Balaban J connectivity index is 2.06. The van der Waals surface area contributed by atoms with Crippen molar-refractivity contribution in [2.75, 3.05) is 18.6 Å². The van der Waals surface area contributed by atoms with Gasteiger partial charge in [0.25, 0.3) is 5.91 Å². The van der Waals surface area contributed by atoms with Crippen LogP contribution in [0.1, 0.15) is 27.1 Å². The number of methoxy groups -OCH3 is 1. The fourth-order valence-corrected chi connectivity index (χ4v) is 2.98. The number of anilines is 1. The standard InChI is InChI=1S/C17H14BrNO3/c1-22-16-7-6-11(18)10-13(16)17(21)19-9-8-15(20)12-4-2-3-5-14(12)19/h2-7,10H,8-9H2,1H3. The second kappa shape index (κ2) is 5.93. The van der Waals surface area contributed by atoms with Crippen LogP contribution in [0.25, 0.3) is 0 Å². The average Bonchev–Trinajstić information content (AvgIpc) is 2.55. The number of benzene rings is 2. The Morgan fingerprint density at radius 1 is 1.23 bits per heavy atom. The van der Waals surface area contributed by atoms with Crippen LogP contribution >= 0.6 is 15.9 Å². The number of para-hydroxylation sites is 1. The fraction of sp³-hybridized carbons (Fsp3) is 0.176. The molecule has 0 aliphatic carbocycles. The van der Waals surface area contributed by atoms with Crippen molar-refractivity contribution in [3.63, 3.8) is 0 Å². The topological polar surface area (TPSA) is 46.6 Å². The van der Waals surface area contributed by atoms with Crippen molar-refractivity contribution < 1.29 is 14.3 Å². The highest BCUT2D eigenvalue weighted by molar-refractivity contribution is 9.10. The summed E-state index contributed by atoms with van der Waals surface area (Å²) in [6.45, 7) is 0.379. The molecule has 0 fully saturated rings. The summed E-state index contributed by atoms with van der Waals surface area (Å²) >= 11 is 3.38. The molecule has 4 nitrogen and oxygen atoms in total. The number of rotatable bonds is 2. The van der Waals surface area contributed by atoms with Crippen molar-refractivity contribution in [2.24, 2.45) is 0 Å². The third-order valence-corrected chi connectivity index (χ3v) is 4.19. The van der Waals surface area contributed by atoms with Gasteiger partial charge >= 0.3 is 0 Å². The largest absolute Gasteiger partial charge is 0.496 e. The molecule has 0 radical (unpaired) electrons. The fourth-order valence-electron chi connectivity index (χ4n) is 2.62. The van der Waals surface area contributed by atoms with E-state index in [0.717, 1.165) is 4.47 Å². The van der Waals surface area contributed by atoms with E-state index in [1.165, 1.54) is 7.11 Å². The lowest BCUT2D eigenvalue weighted by atomic mass is 9.99. The third kappa shape index (κ3) is 2.52. The van der Waals surface area contributed by atoms with Gasteiger partial charge in [0.05, 0.1) is 18.4 Å². The van der Waals surface area contributed by atoms with Crippen molar-refractivity contribution in [3.8, 4) is 5.75 Å². The first-order chi connectivity index (χ1) is 10.6. The van der Waals surface area contributed by atoms with Gasteiger partial charge in [-0.2, -0.15) is 0 Å². The highest BCUT2D eigenvalue weighted by Gasteiger charge is 2.29. The molecule has 112 valence electrons. The van der Waals surface area contributed by atoms with E-state index in [0.29, 0.717) is 35.5 Å². The van der Waals surface area contributed by atoms with Crippen LogP contribution in [0.4, 0.5) is 5.69 Å². The van der Waals surface area contributed by atoms with Gasteiger partial charge in [-0.1, -0.05) is 28.1 Å². The quantitative estimate of drug-likeness (QED) is 0.821. The van der Waals surface area contributed by atoms with Crippen molar-refractivity contribution >= 4 is 33.3 Å². The molecule has 0 bridgehead atoms. The number of Topliss-reactive ketones (excluding diaryl/α,β-unsaturated/α-hetero) is 1. The number of carbonyl (C=O) groups is 2. The summed E-state index contributed by atoms with van der Waals surface area (Å²) in [6.07, 6.45) is 0.332. The Hall–Kier alpha value is -2.14. The third-order valence-electron chi connectivity index (χ3n) is 3.69. The molecule has 0 spiro atoms. The first-order valence-corrected chi connectivity index (χ1v) is 7.68. The first-order valence-electron chi connectivity index (χ1n) is 6.89. The Morgan fingerprint density at radius 3 is 2.77 bits per heavy atom. The first kappa shape index (κ1) is 14.8. The van der Waals surface area contributed by atoms with Crippen LogP contribution in [0, 0.1) is 0 Å². The molecule has 2 aromatic rings. The van der Waals surface area contributed by atoms with Crippen LogP contribution in [0.15, 0.2) is 46.9 Å². The van der Waals surface area contributed by atoms with Crippen molar-refractivity contribution in [2.45, 2.75) is 6.42 Å². The number of fused-ring (bicyclic) bond motifs is 1. The van der Waals surface area contributed by atoms with Crippen molar-refractivity contribution in [1.29, 1.82) is 0 Å². The van der Waals surface area contributed by atoms with Gasteiger partial charge < -0.3 is 9.64 Å². The maximum absolute atomic E-state index is 12.9. The van der Waals surface area contributed by atoms with Gasteiger partial charge in [0, 0.05) is 23.0 Å². The predicted octanol–water partition coefficient (Wildman–Crippen LogP) is 3.69. The van der Waals surface area contributed by atoms with E-state index in [1.807, 2.05) is 18.2 Å². The van der Waals surface area contributed by atoms with Gasteiger partial charge in [-0.25, -0.2) is 0 Å². The Morgan fingerprint density at radius 2 is 2.00 bits per heavy atom. The van der Waals surface area contributed by atoms with Gasteiger partial charge in [-0.05, 0) is 30.3 Å². The molecule has 1 aliphatic rings. The van der Waals surface area contributed by atoms with E-state index in [2.05, 4.69) is 15.9 Å². The summed E-state index contributed by atoms with van der Waals surface area (Å²) < 4.78 is 6.09. The summed E-state index contributed by atoms with van der Waals surface area (Å²) in [6, 6.07) is 12.5. The van der Waals surface area contributed by atoms with E-state index in [1.54, 1.807) is 29.2 Å². The second-order valence-electron chi connectivity index (χ2n) is 4.99. The smallest absolute Gasteiger partial charge is 0.262 e. The van der Waals surface area contributed by atoms with E-state index in [9.17, 15) is 9.59 Å². The highest BCUT2D eigenvalue weighted by Crippen LogP contribution is 2.31. The minimum absolute atomic E-state index is 0.0702. The summed E-state index contributed by atoms with van der Waals surface area (Å²) in [5, 5.41) is 0. The molecule has 0 saturated carbocycles. The monoisotopic (exact) mass is 359 g/mol. The molecule has 3 rings (SSSR count). The molecular formula is C17H14BrNO3. The van der Waals surface area contributed by atoms with Crippen LogP contribution in [0.3, 0.4) is 0 Å². The van der Waals surface area contributed by atoms with Crippen molar-refractivity contribution in [3.05, 3.63) is 58.1 Å².